The van der Waals surface area contributed by atoms with E-state index >= 15 is 0 Å². The van der Waals surface area contributed by atoms with Crippen LogP contribution in [0.4, 0.5) is 0 Å². The Balaban J connectivity index is 5.02. The highest BCUT2D eigenvalue weighted by Crippen LogP contribution is 2.03. The lowest BCUT2D eigenvalue weighted by atomic mass is 10.1. The minimum Gasteiger partial charge on any atom is -0.370 e. The average molecular weight is 586 g/mol. The molecule has 234 valence electrons. The van der Waals surface area contributed by atoms with Crippen molar-refractivity contribution in [2.45, 2.75) is 69.1 Å². The van der Waals surface area contributed by atoms with Gasteiger partial charge in [0.05, 0.1) is 12.1 Å². The van der Waals surface area contributed by atoms with E-state index in [-0.39, 0.29) is 56.7 Å². The molecule has 0 radical (unpaired) electrons. The van der Waals surface area contributed by atoms with Gasteiger partial charge in [-0.3, -0.25) is 34.2 Å². The van der Waals surface area contributed by atoms with E-state index < -0.39 is 47.8 Å². The summed E-state index contributed by atoms with van der Waals surface area (Å²) in [5.41, 5.74) is 48.9. The molecule has 4 amide bonds. The van der Waals surface area contributed by atoms with Gasteiger partial charge in [0, 0.05) is 26.2 Å². The maximum Gasteiger partial charge on any atom is 0.242 e. The molecule has 0 aliphatic carbocycles. The zero-order valence-corrected chi connectivity index (χ0v) is 23.3. The summed E-state index contributed by atoms with van der Waals surface area (Å²) < 4.78 is 0. The van der Waals surface area contributed by atoms with Crippen LogP contribution in [0.15, 0.2) is 15.0 Å². The first-order valence-electron chi connectivity index (χ1n) is 13.1. The number of carbonyl (C=O) groups excluding carboxylic acids is 4. The molecule has 19 heteroatoms. The quantitative estimate of drug-likeness (QED) is 0.0340. The lowest BCUT2D eigenvalue weighted by Gasteiger charge is -2.22. The molecule has 0 heterocycles. The Labute approximate surface area is 238 Å². The van der Waals surface area contributed by atoms with Gasteiger partial charge in [0.25, 0.3) is 0 Å². The molecule has 0 rings (SSSR count). The smallest absolute Gasteiger partial charge is 0.242 e. The Kier molecular flexibility index (Phi) is 18.3. The number of primary amides is 1. The molecule has 0 aliphatic rings. The normalized spacial score (nSPS) is 13.4. The molecule has 0 aromatic rings. The monoisotopic (exact) mass is 585 g/mol. The van der Waals surface area contributed by atoms with Gasteiger partial charge in [-0.05, 0) is 44.9 Å². The Bertz CT molecular complexity index is 928. The van der Waals surface area contributed by atoms with Crippen LogP contribution in [0.1, 0.15) is 44.9 Å². The van der Waals surface area contributed by atoms with Crippen molar-refractivity contribution < 1.29 is 19.2 Å². The van der Waals surface area contributed by atoms with Crippen LogP contribution in [-0.2, 0) is 19.2 Å². The highest BCUT2D eigenvalue weighted by atomic mass is 16.2. The third-order valence-electron chi connectivity index (χ3n) is 5.58. The maximum absolute atomic E-state index is 12.9. The summed E-state index contributed by atoms with van der Waals surface area (Å²) in [5.74, 6) is -2.74. The lowest BCUT2D eigenvalue weighted by Crippen LogP contribution is -2.53. The second-order valence-electron chi connectivity index (χ2n) is 9.16. The number of nitrogens with one attached hydrogen (secondary N) is 3. The van der Waals surface area contributed by atoms with Crippen LogP contribution in [0, 0.1) is 0 Å². The molecule has 41 heavy (non-hydrogen) atoms. The number of hydrogen-bond acceptors (Lipinski definition) is 9. The fourth-order valence-corrected chi connectivity index (χ4v) is 3.38. The molecule has 0 aliphatic heterocycles. The molecule has 0 bridgehead atoms. The molecular weight excluding hydrogens is 538 g/mol. The number of nitrogens with two attached hydrogens (primary N) is 9. The predicted molar refractivity (Wildman–Crippen MR) is 156 cm³/mol. The van der Waals surface area contributed by atoms with Crippen LogP contribution in [0.5, 0.6) is 0 Å². The summed E-state index contributed by atoms with van der Waals surface area (Å²) in [6.45, 7) is 0.777. The van der Waals surface area contributed by atoms with Crippen molar-refractivity contribution in [3.8, 4) is 0 Å². The van der Waals surface area contributed by atoms with Gasteiger partial charge in [-0.25, -0.2) is 0 Å². The molecule has 0 saturated carbocycles. The van der Waals surface area contributed by atoms with Gasteiger partial charge < -0.3 is 67.6 Å². The van der Waals surface area contributed by atoms with Crippen LogP contribution in [-0.4, -0.2) is 91.9 Å². The standard InChI is InChI=1S/C22H47N15O4/c23-12(4-1-8-33-20(26)27)17(39)36-14(16(25)38)7-11-32-19(41)15(6-3-10-35-22(30)31)37-18(40)13(24)5-2-9-34-21(28)29/h12-15H,1-11,23-24H2,(H2,25,38)(H,32,41)(H,36,39)(H,37,40)(H4,26,27,33)(H4,28,29,34)(H4,30,31,35). The summed E-state index contributed by atoms with van der Waals surface area (Å²) in [6.07, 6.45) is 1.99. The Morgan fingerprint density at radius 3 is 1.32 bits per heavy atom. The van der Waals surface area contributed by atoms with Crippen molar-refractivity contribution in [2.75, 3.05) is 26.2 Å². The van der Waals surface area contributed by atoms with E-state index in [9.17, 15) is 19.2 Å². The Morgan fingerprint density at radius 2 is 0.927 bits per heavy atom. The van der Waals surface area contributed by atoms with Crippen molar-refractivity contribution in [3.05, 3.63) is 0 Å². The number of aliphatic imine (C=N–C) groups is 3. The first kappa shape index (κ1) is 36.6. The van der Waals surface area contributed by atoms with Crippen molar-refractivity contribution in [1.29, 1.82) is 0 Å². The third-order valence-corrected chi connectivity index (χ3v) is 5.58. The van der Waals surface area contributed by atoms with Crippen LogP contribution in [0.2, 0.25) is 0 Å². The van der Waals surface area contributed by atoms with E-state index in [1.165, 1.54) is 0 Å². The molecule has 0 spiro atoms. The zero-order chi connectivity index (χ0) is 31.4. The number of rotatable bonds is 21. The van der Waals surface area contributed by atoms with Crippen molar-refractivity contribution in [2.24, 2.45) is 66.6 Å². The second-order valence-corrected chi connectivity index (χ2v) is 9.16. The first-order chi connectivity index (χ1) is 19.2. The van der Waals surface area contributed by atoms with Gasteiger partial charge in [0.1, 0.15) is 12.1 Å². The zero-order valence-electron chi connectivity index (χ0n) is 23.3. The van der Waals surface area contributed by atoms with E-state index in [0.717, 1.165) is 0 Å². The lowest BCUT2D eigenvalue weighted by molar-refractivity contribution is -0.130. The first-order valence-corrected chi connectivity index (χ1v) is 13.1. The van der Waals surface area contributed by atoms with Crippen molar-refractivity contribution >= 4 is 41.5 Å². The number of hydrogen-bond donors (Lipinski definition) is 12. The molecule has 0 fully saturated rings. The highest BCUT2D eigenvalue weighted by Gasteiger charge is 2.25. The maximum atomic E-state index is 12.9. The van der Waals surface area contributed by atoms with Gasteiger partial charge >= 0.3 is 0 Å². The van der Waals surface area contributed by atoms with E-state index in [0.29, 0.717) is 32.4 Å². The van der Waals surface area contributed by atoms with Crippen molar-refractivity contribution in [3.63, 3.8) is 0 Å². The van der Waals surface area contributed by atoms with Gasteiger partial charge in [-0.15, -0.1) is 0 Å². The summed E-state index contributed by atoms with van der Waals surface area (Å²) in [6, 6.07) is -3.90. The van der Waals surface area contributed by atoms with Crippen LogP contribution >= 0.6 is 0 Å². The van der Waals surface area contributed by atoms with E-state index in [4.69, 9.17) is 51.6 Å². The van der Waals surface area contributed by atoms with Crippen LogP contribution in [0.3, 0.4) is 0 Å². The molecule has 21 N–H and O–H groups in total. The van der Waals surface area contributed by atoms with Gasteiger partial charge in [0.15, 0.2) is 17.9 Å². The third kappa shape index (κ3) is 18.5. The number of nitrogens with zero attached hydrogens (tertiary/aromatic N) is 3. The minimum atomic E-state index is -1.10. The fraction of sp³-hybridized carbons (Fsp3) is 0.682. The highest BCUT2D eigenvalue weighted by molar-refractivity contribution is 5.90. The van der Waals surface area contributed by atoms with E-state index in [2.05, 4.69) is 30.9 Å². The molecule has 4 atom stereocenters. The molecular formula is C22H47N15O4. The summed E-state index contributed by atoms with van der Waals surface area (Å²) in [4.78, 5) is 61.2. The van der Waals surface area contributed by atoms with Crippen LogP contribution < -0.4 is 67.6 Å². The molecule has 0 aromatic heterocycles. The second kappa shape index (κ2) is 20.5. The topological polar surface area (TPSA) is 376 Å². The SMILES string of the molecule is NC(=O)C(CCNC(=O)C(CCCN=C(N)N)NC(=O)C(N)CCCN=C(N)N)NC(=O)C(N)CCCN=C(N)N. The minimum absolute atomic E-state index is 0.0213. The molecule has 0 aromatic carbocycles. The summed E-state index contributed by atoms with van der Waals surface area (Å²) >= 11 is 0. The van der Waals surface area contributed by atoms with E-state index in [1.807, 2.05) is 0 Å². The Hall–Kier alpha value is -4.39. The predicted octanol–water partition coefficient (Wildman–Crippen LogP) is -6.24. The molecule has 19 nitrogen and oxygen atoms in total. The number of guanidine groups is 3. The number of carbonyl (C=O) groups is 4. The van der Waals surface area contributed by atoms with Crippen molar-refractivity contribution in [1.82, 2.24) is 16.0 Å². The summed E-state index contributed by atoms with van der Waals surface area (Å²) in [5, 5.41) is 7.72. The van der Waals surface area contributed by atoms with E-state index in [1.54, 1.807) is 0 Å². The fourth-order valence-electron chi connectivity index (χ4n) is 3.38. The number of amides is 4. The van der Waals surface area contributed by atoms with Crippen LogP contribution in [0.25, 0.3) is 0 Å². The Morgan fingerprint density at radius 1 is 0.537 bits per heavy atom. The van der Waals surface area contributed by atoms with Gasteiger partial charge in [-0.2, -0.15) is 0 Å². The molecule has 4 unspecified atom stereocenters. The summed E-state index contributed by atoms with van der Waals surface area (Å²) in [7, 11) is 0. The largest absolute Gasteiger partial charge is 0.370 e. The average Bonchev–Trinajstić information content (AvgIpc) is 2.88. The van der Waals surface area contributed by atoms with Gasteiger partial charge in [0.2, 0.25) is 23.6 Å². The molecule has 0 saturated heterocycles. The van der Waals surface area contributed by atoms with Gasteiger partial charge in [-0.1, -0.05) is 0 Å².